The summed E-state index contributed by atoms with van der Waals surface area (Å²) in [5.74, 6) is 0.372. The number of carbonyl (C=O) groups is 2. The van der Waals surface area contributed by atoms with Crippen LogP contribution < -0.4 is 21.9 Å². The van der Waals surface area contributed by atoms with Crippen LogP contribution in [0.4, 0.5) is 15.4 Å². The number of hydrogen-bond donors (Lipinski definition) is 4. The second-order valence-electron chi connectivity index (χ2n) is 2.28. The van der Waals surface area contributed by atoms with Crippen molar-refractivity contribution in [2.24, 2.45) is 5.73 Å². The van der Waals surface area contributed by atoms with E-state index in [4.69, 9.17) is 5.73 Å². The predicted molar refractivity (Wildman–Crippen MR) is 49.1 cm³/mol. The molecule has 0 aliphatic carbocycles. The Hall–Kier alpha value is -2.31. The molecule has 0 aromatic carbocycles. The van der Waals surface area contributed by atoms with Crippen LogP contribution >= 0.6 is 0 Å². The van der Waals surface area contributed by atoms with E-state index in [1.807, 2.05) is 10.9 Å². The lowest BCUT2D eigenvalue weighted by molar-refractivity contribution is 0.235. The Balaban J connectivity index is 2.38. The van der Waals surface area contributed by atoms with Crippen molar-refractivity contribution in [2.45, 2.75) is 0 Å². The molecule has 7 heteroatoms. The Morgan fingerprint density at radius 1 is 1.29 bits per heavy atom. The Labute approximate surface area is 79.7 Å². The van der Waals surface area contributed by atoms with E-state index < -0.39 is 12.1 Å². The van der Waals surface area contributed by atoms with Gasteiger partial charge in [0.25, 0.3) is 0 Å². The molecule has 0 saturated carbocycles. The van der Waals surface area contributed by atoms with E-state index in [0.29, 0.717) is 5.82 Å². The molecule has 0 aliphatic rings. The molecule has 0 aliphatic heterocycles. The number of nitrogens with one attached hydrogen (secondary N) is 3. The number of primary amides is 1. The van der Waals surface area contributed by atoms with Crippen LogP contribution in [0.25, 0.3) is 0 Å². The first-order valence-corrected chi connectivity index (χ1v) is 3.72. The van der Waals surface area contributed by atoms with Gasteiger partial charge < -0.3 is 5.73 Å². The molecule has 0 unspecified atom stereocenters. The Morgan fingerprint density at radius 2 is 2.07 bits per heavy atom. The van der Waals surface area contributed by atoms with Gasteiger partial charge in [-0.15, -0.1) is 0 Å². The highest BCUT2D eigenvalue weighted by molar-refractivity contribution is 5.89. The first-order valence-electron chi connectivity index (χ1n) is 3.72. The van der Waals surface area contributed by atoms with Crippen LogP contribution in [-0.4, -0.2) is 17.0 Å². The van der Waals surface area contributed by atoms with Crippen LogP contribution in [-0.2, 0) is 0 Å². The minimum atomic E-state index is -0.846. The molecular weight excluding hydrogens is 186 g/mol. The summed E-state index contributed by atoms with van der Waals surface area (Å²) in [6, 6.07) is 3.56. The van der Waals surface area contributed by atoms with Crippen LogP contribution in [0.5, 0.6) is 0 Å². The van der Waals surface area contributed by atoms with Gasteiger partial charge in [-0.1, -0.05) is 6.07 Å². The number of amides is 4. The molecule has 0 fully saturated rings. The topological polar surface area (TPSA) is 109 Å². The van der Waals surface area contributed by atoms with E-state index in [-0.39, 0.29) is 0 Å². The monoisotopic (exact) mass is 195 g/mol. The SMILES string of the molecule is NC(=O)NNC(=O)Nc1ccccn1. The van der Waals surface area contributed by atoms with E-state index in [9.17, 15) is 9.59 Å². The molecule has 4 amide bonds. The van der Waals surface area contributed by atoms with Gasteiger partial charge in [0.2, 0.25) is 0 Å². The second-order valence-corrected chi connectivity index (χ2v) is 2.28. The zero-order valence-corrected chi connectivity index (χ0v) is 7.15. The standard InChI is InChI=1S/C7H9N5O2/c8-6(13)11-12-7(14)10-5-3-1-2-4-9-5/h1-4H,(H3,8,11,13)(H2,9,10,12,14). The number of pyridine rings is 1. The van der Waals surface area contributed by atoms with Gasteiger partial charge in [0.1, 0.15) is 5.82 Å². The fourth-order valence-electron chi connectivity index (χ4n) is 0.703. The molecule has 0 bridgehead atoms. The number of aromatic nitrogens is 1. The maximum absolute atomic E-state index is 11.0. The van der Waals surface area contributed by atoms with Gasteiger partial charge in [-0.05, 0) is 12.1 Å². The van der Waals surface area contributed by atoms with E-state index in [2.05, 4.69) is 10.3 Å². The number of hydrogen-bond acceptors (Lipinski definition) is 3. The highest BCUT2D eigenvalue weighted by Gasteiger charge is 2.01. The maximum atomic E-state index is 11.0. The molecule has 1 heterocycles. The molecule has 0 spiro atoms. The van der Waals surface area contributed by atoms with Gasteiger partial charge in [0, 0.05) is 6.20 Å². The quantitative estimate of drug-likeness (QED) is 0.465. The van der Waals surface area contributed by atoms with E-state index >= 15 is 0 Å². The Kier molecular flexibility index (Phi) is 3.25. The average molecular weight is 195 g/mol. The van der Waals surface area contributed by atoms with Gasteiger partial charge >= 0.3 is 12.1 Å². The number of carbonyl (C=O) groups excluding carboxylic acids is 2. The second kappa shape index (κ2) is 4.65. The van der Waals surface area contributed by atoms with Crippen molar-refractivity contribution < 1.29 is 9.59 Å². The van der Waals surface area contributed by atoms with E-state index in [1.165, 1.54) is 6.20 Å². The zero-order chi connectivity index (χ0) is 10.4. The van der Waals surface area contributed by atoms with Crippen LogP contribution in [0.3, 0.4) is 0 Å². The molecule has 0 atom stereocenters. The fourth-order valence-corrected chi connectivity index (χ4v) is 0.703. The van der Waals surface area contributed by atoms with Crippen LogP contribution in [0.15, 0.2) is 24.4 Å². The van der Waals surface area contributed by atoms with Crippen molar-refractivity contribution in [3.05, 3.63) is 24.4 Å². The lowest BCUT2D eigenvalue weighted by atomic mass is 10.5. The first-order chi connectivity index (χ1) is 6.68. The summed E-state index contributed by atoms with van der Waals surface area (Å²) in [4.78, 5) is 25.0. The van der Waals surface area contributed by atoms with Crippen molar-refractivity contribution in [3.8, 4) is 0 Å². The lowest BCUT2D eigenvalue weighted by Crippen LogP contribution is -2.46. The molecule has 0 saturated heterocycles. The molecule has 7 nitrogen and oxygen atoms in total. The summed E-state index contributed by atoms with van der Waals surface area (Å²) >= 11 is 0. The summed E-state index contributed by atoms with van der Waals surface area (Å²) < 4.78 is 0. The highest BCUT2D eigenvalue weighted by Crippen LogP contribution is 1.98. The third-order valence-electron chi connectivity index (χ3n) is 1.21. The van der Waals surface area contributed by atoms with Crippen LogP contribution in [0, 0.1) is 0 Å². The molecule has 0 radical (unpaired) electrons. The molecule has 74 valence electrons. The highest BCUT2D eigenvalue weighted by atomic mass is 16.2. The first kappa shape index (κ1) is 9.78. The van der Waals surface area contributed by atoms with Crippen molar-refractivity contribution >= 4 is 17.9 Å². The fraction of sp³-hybridized carbons (Fsp3) is 0. The Morgan fingerprint density at radius 3 is 2.64 bits per heavy atom. The van der Waals surface area contributed by atoms with Gasteiger partial charge in [-0.2, -0.15) is 0 Å². The molecule has 5 N–H and O–H groups in total. The number of hydrazine groups is 1. The van der Waals surface area contributed by atoms with Crippen molar-refractivity contribution in [1.82, 2.24) is 15.8 Å². The number of anilines is 1. The van der Waals surface area contributed by atoms with Gasteiger partial charge in [0.15, 0.2) is 0 Å². The summed E-state index contributed by atoms with van der Waals surface area (Å²) in [6.45, 7) is 0. The minimum Gasteiger partial charge on any atom is -0.350 e. The molecule has 14 heavy (non-hydrogen) atoms. The van der Waals surface area contributed by atoms with Crippen molar-refractivity contribution in [1.29, 1.82) is 0 Å². The molecular formula is C7H9N5O2. The smallest absolute Gasteiger partial charge is 0.339 e. The van der Waals surface area contributed by atoms with E-state index in [0.717, 1.165) is 0 Å². The summed E-state index contributed by atoms with van der Waals surface area (Å²) in [6.07, 6.45) is 1.52. The van der Waals surface area contributed by atoms with Gasteiger partial charge in [-0.3, -0.25) is 5.32 Å². The van der Waals surface area contributed by atoms with Crippen LogP contribution in [0.2, 0.25) is 0 Å². The number of nitrogens with zero attached hydrogens (tertiary/aromatic N) is 1. The van der Waals surface area contributed by atoms with Crippen molar-refractivity contribution in [3.63, 3.8) is 0 Å². The summed E-state index contributed by atoms with van der Waals surface area (Å²) in [7, 11) is 0. The van der Waals surface area contributed by atoms with Gasteiger partial charge in [-0.25, -0.2) is 25.4 Å². The molecule has 1 aromatic heterocycles. The van der Waals surface area contributed by atoms with Crippen LogP contribution in [0.1, 0.15) is 0 Å². The van der Waals surface area contributed by atoms with Gasteiger partial charge in [0.05, 0.1) is 0 Å². The Bertz CT molecular complexity index is 326. The third-order valence-corrected chi connectivity index (χ3v) is 1.21. The molecule has 1 rings (SSSR count). The third kappa shape index (κ3) is 3.39. The number of nitrogens with two attached hydrogens (primary N) is 1. The number of rotatable bonds is 1. The predicted octanol–water partition coefficient (Wildman–Crippen LogP) is -0.214. The summed E-state index contributed by atoms with van der Waals surface area (Å²) in [5.41, 5.74) is 8.66. The maximum Gasteiger partial charge on any atom is 0.339 e. The minimum absolute atomic E-state index is 0.372. The molecule has 1 aromatic rings. The summed E-state index contributed by atoms with van der Waals surface area (Å²) in [5, 5.41) is 2.37. The zero-order valence-electron chi connectivity index (χ0n) is 7.15. The normalized spacial score (nSPS) is 8.86. The van der Waals surface area contributed by atoms with E-state index in [1.54, 1.807) is 18.2 Å². The largest absolute Gasteiger partial charge is 0.350 e. The average Bonchev–Trinajstić information content (AvgIpc) is 2.16. The van der Waals surface area contributed by atoms with Crippen molar-refractivity contribution in [2.75, 3.05) is 5.32 Å². The number of urea groups is 2. The lowest BCUT2D eigenvalue weighted by Gasteiger charge is -2.05.